The molecular weight excluding hydrogens is 206 g/mol. The van der Waals surface area contributed by atoms with Gasteiger partial charge in [0.15, 0.2) is 0 Å². The van der Waals surface area contributed by atoms with E-state index in [4.69, 9.17) is 0 Å². The summed E-state index contributed by atoms with van der Waals surface area (Å²) in [6.45, 7) is 2.84. The summed E-state index contributed by atoms with van der Waals surface area (Å²) in [5.41, 5.74) is 0. The number of amides is 1. The minimum Gasteiger partial charge on any atom is -0.374 e. The molecule has 0 atom stereocenters. The standard InChI is InChI=1S/C9H18F2N2O2/c1-2-3-13-9(14)6-12-4-5-15-7-8(10)11/h8,12H,2-7H2,1H3,(H,13,14). The highest BCUT2D eigenvalue weighted by atomic mass is 19.3. The maximum atomic E-state index is 11.6. The lowest BCUT2D eigenvalue weighted by Gasteiger charge is -2.06. The fraction of sp³-hybridized carbons (Fsp3) is 0.889. The van der Waals surface area contributed by atoms with Gasteiger partial charge in [-0.3, -0.25) is 4.79 Å². The second-order valence-corrected chi connectivity index (χ2v) is 2.99. The summed E-state index contributed by atoms with van der Waals surface area (Å²) in [6, 6.07) is 0. The molecule has 0 aliphatic rings. The van der Waals surface area contributed by atoms with Crippen LogP contribution in [0.1, 0.15) is 13.3 Å². The summed E-state index contributed by atoms with van der Waals surface area (Å²) in [5, 5.41) is 5.47. The van der Waals surface area contributed by atoms with Crippen molar-refractivity contribution in [3.8, 4) is 0 Å². The lowest BCUT2D eigenvalue weighted by molar-refractivity contribution is -0.120. The van der Waals surface area contributed by atoms with Crippen LogP contribution in [-0.4, -0.2) is 45.2 Å². The smallest absolute Gasteiger partial charge is 0.261 e. The molecule has 0 unspecified atom stereocenters. The second-order valence-electron chi connectivity index (χ2n) is 2.99. The van der Waals surface area contributed by atoms with Gasteiger partial charge in [0.2, 0.25) is 5.91 Å². The fourth-order valence-corrected chi connectivity index (χ4v) is 0.846. The van der Waals surface area contributed by atoms with E-state index in [0.717, 1.165) is 6.42 Å². The predicted octanol–water partition coefficient (Wildman–Crippen LogP) is 0.384. The number of alkyl halides is 2. The zero-order valence-electron chi connectivity index (χ0n) is 8.89. The number of hydrogen-bond acceptors (Lipinski definition) is 3. The number of halogens is 2. The molecule has 0 saturated heterocycles. The lowest BCUT2D eigenvalue weighted by Crippen LogP contribution is -2.35. The minimum atomic E-state index is -2.43. The molecule has 0 fully saturated rings. The van der Waals surface area contributed by atoms with Crippen LogP contribution in [0.3, 0.4) is 0 Å². The van der Waals surface area contributed by atoms with Crippen molar-refractivity contribution in [1.82, 2.24) is 10.6 Å². The van der Waals surface area contributed by atoms with Crippen LogP contribution in [0.15, 0.2) is 0 Å². The van der Waals surface area contributed by atoms with E-state index < -0.39 is 13.0 Å². The molecule has 0 saturated carbocycles. The van der Waals surface area contributed by atoms with Gasteiger partial charge in [0.05, 0.1) is 13.2 Å². The molecule has 2 N–H and O–H groups in total. The van der Waals surface area contributed by atoms with Crippen LogP contribution in [0.4, 0.5) is 8.78 Å². The Morgan fingerprint density at radius 2 is 2.13 bits per heavy atom. The summed E-state index contributed by atoms with van der Waals surface area (Å²) in [4.78, 5) is 11.0. The van der Waals surface area contributed by atoms with Crippen molar-refractivity contribution < 1.29 is 18.3 Å². The van der Waals surface area contributed by atoms with Gasteiger partial charge in [0.25, 0.3) is 6.43 Å². The Morgan fingerprint density at radius 1 is 1.40 bits per heavy atom. The first-order chi connectivity index (χ1) is 7.16. The summed E-state index contributed by atoms with van der Waals surface area (Å²) >= 11 is 0. The van der Waals surface area contributed by atoms with Gasteiger partial charge in [-0.05, 0) is 6.42 Å². The highest BCUT2D eigenvalue weighted by Gasteiger charge is 2.01. The van der Waals surface area contributed by atoms with Gasteiger partial charge in [-0.1, -0.05) is 6.92 Å². The van der Waals surface area contributed by atoms with E-state index in [1.165, 1.54) is 0 Å². The number of hydrogen-bond donors (Lipinski definition) is 2. The number of carbonyl (C=O) groups excluding carboxylic acids is 1. The van der Waals surface area contributed by atoms with Crippen LogP contribution in [0.25, 0.3) is 0 Å². The minimum absolute atomic E-state index is 0.0919. The summed E-state index contributed by atoms with van der Waals surface area (Å²) in [6.07, 6.45) is -1.54. The summed E-state index contributed by atoms with van der Waals surface area (Å²) < 4.78 is 27.8. The Hall–Kier alpha value is -0.750. The molecule has 0 aliphatic heterocycles. The van der Waals surface area contributed by atoms with Gasteiger partial charge in [-0.25, -0.2) is 8.78 Å². The molecule has 0 rings (SSSR count). The van der Waals surface area contributed by atoms with Gasteiger partial charge in [0, 0.05) is 13.1 Å². The normalized spacial score (nSPS) is 10.7. The van der Waals surface area contributed by atoms with E-state index in [2.05, 4.69) is 15.4 Å². The third-order valence-electron chi connectivity index (χ3n) is 1.52. The van der Waals surface area contributed by atoms with Crippen molar-refractivity contribution in [2.24, 2.45) is 0 Å². The molecule has 1 amide bonds. The van der Waals surface area contributed by atoms with E-state index in [-0.39, 0.29) is 19.1 Å². The van der Waals surface area contributed by atoms with Crippen LogP contribution >= 0.6 is 0 Å². The Morgan fingerprint density at radius 3 is 2.73 bits per heavy atom. The second kappa shape index (κ2) is 9.79. The molecule has 90 valence electrons. The third kappa shape index (κ3) is 11.2. The van der Waals surface area contributed by atoms with E-state index in [1.807, 2.05) is 6.92 Å². The lowest BCUT2D eigenvalue weighted by atomic mass is 10.4. The molecule has 0 aliphatic carbocycles. The highest BCUT2D eigenvalue weighted by molar-refractivity contribution is 5.77. The van der Waals surface area contributed by atoms with E-state index in [1.54, 1.807) is 0 Å². The highest BCUT2D eigenvalue weighted by Crippen LogP contribution is 1.90. The maximum Gasteiger partial charge on any atom is 0.261 e. The van der Waals surface area contributed by atoms with E-state index >= 15 is 0 Å². The Kier molecular flexibility index (Phi) is 9.30. The van der Waals surface area contributed by atoms with E-state index in [0.29, 0.717) is 13.1 Å². The van der Waals surface area contributed by atoms with Crippen molar-refractivity contribution >= 4 is 5.91 Å². The largest absolute Gasteiger partial charge is 0.374 e. The number of rotatable bonds is 9. The first kappa shape index (κ1) is 14.2. The van der Waals surface area contributed by atoms with Crippen molar-refractivity contribution in [2.75, 3.05) is 32.8 Å². The van der Waals surface area contributed by atoms with Crippen molar-refractivity contribution in [1.29, 1.82) is 0 Å². The molecular formula is C9H18F2N2O2. The molecule has 15 heavy (non-hydrogen) atoms. The molecule has 0 spiro atoms. The number of ether oxygens (including phenoxy) is 1. The summed E-state index contributed by atoms with van der Waals surface area (Å²) in [5.74, 6) is -0.0919. The van der Waals surface area contributed by atoms with Crippen LogP contribution in [-0.2, 0) is 9.53 Å². The number of nitrogens with one attached hydrogen (secondary N) is 2. The number of carbonyl (C=O) groups is 1. The molecule has 0 aromatic heterocycles. The zero-order valence-corrected chi connectivity index (χ0v) is 8.89. The Bertz CT molecular complexity index is 168. The average molecular weight is 224 g/mol. The first-order valence-electron chi connectivity index (χ1n) is 5.00. The molecule has 6 heteroatoms. The van der Waals surface area contributed by atoms with Crippen LogP contribution in [0.2, 0.25) is 0 Å². The molecule has 0 bridgehead atoms. The van der Waals surface area contributed by atoms with Gasteiger partial charge >= 0.3 is 0 Å². The Balaban J connectivity index is 3.13. The topological polar surface area (TPSA) is 50.4 Å². The molecule has 0 aromatic rings. The fourth-order valence-electron chi connectivity index (χ4n) is 0.846. The van der Waals surface area contributed by atoms with Crippen molar-refractivity contribution in [2.45, 2.75) is 19.8 Å². The molecule has 0 heterocycles. The maximum absolute atomic E-state index is 11.6. The van der Waals surface area contributed by atoms with Crippen LogP contribution in [0, 0.1) is 0 Å². The van der Waals surface area contributed by atoms with Gasteiger partial charge < -0.3 is 15.4 Å². The van der Waals surface area contributed by atoms with Crippen molar-refractivity contribution in [3.63, 3.8) is 0 Å². The zero-order chi connectivity index (χ0) is 11.5. The quantitative estimate of drug-likeness (QED) is 0.557. The Labute approximate surface area is 88.4 Å². The van der Waals surface area contributed by atoms with Crippen LogP contribution < -0.4 is 10.6 Å². The molecule has 0 radical (unpaired) electrons. The van der Waals surface area contributed by atoms with Gasteiger partial charge in [-0.2, -0.15) is 0 Å². The van der Waals surface area contributed by atoms with Crippen molar-refractivity contribution in [3.05, 3.63) is 0 Å². The molecule has 4 nitrogen and oxygen atoms in total. The third-order valence-corrected chi connectivity index (χ3v) is 1.52. The van der Waals surface area contributed by atoms with Gasteiger partial charge in [0.1, 0.15) is 6.61 Å². The van der Waals surface area contributed by atoms with Gasteiger partial charge in [-0.15, -0.1) is 0 Å². The first-order valence-corrected chi connectivity index (χ1v) is 5.00. The van der Waals surface area contributed by atoms with Crippen LogP contribution in [0.5, 0.6) is 0 Å². The summed E-state index contributed by atoms with van der Waals surface area (Å²) in [7, 11) is 0. The monoisotopic (exact) mass is 224 g/mol. The predicted molar refractivity (Wildman–Crippen MR) is 53.0 cm³/mol. The molecule has 0 aromatic carbocycles. The average Bonchev–Trinajstić information content (AvgIpc) is 2.19. The van der Waals surface area contributed by atoms with E-state index in [9.17, 15) is 13.6 Å². The SMILES string of the molecule is CCCNC(=O)CNCCOCC(F)F.